The van der Waals surface area contributed by atoms with Crippen LogP contribution in [0.3, 0.4) is 0 Å². The molecule has 0 rings (SSSR count). The van der Waals surface area contributed by atoms with Gasteiger partial charge in [-0.3, -0.25) is 9.36 Å². The molecule has 0 aliphatic rings. The molecule has 0 aliphatic carbocycles. The van der Waals surface area contributed by atoms with E-state index in [4.69, 9.17) is 4.89 Å². The summed E-state index contributed by atoms with van der Waals surface area (Å²) in [6, 6.07) is 0. The van der Waals surface area contributed by atoms with Crippen LogP contribution in [0.4, 0.5) is 8.78 Å². The highest BCUT2D eigenvalue weighted by molar-refractivity contribution is 7.55. The molecule has 0 radical (unpaired) electrons. The number of carbonyl (C=O) groups excluding carboxylic acids is 1. The SMILES string of the molecule is CCCCCOP(=O)(O)C(F)(F)C(=O)C(C)C. The van der Waals surface area contributed by atoms with Crippen molar-refractivity contribution < 1.29 is 27.6 Å². The molecule has 17 heavy (non-hydrogen) atoms. The first-order chi connectivity index (χ1) is 7.66. The van der Waals surface area contributed by atoms with Gasteiger partial charge in [-0.15, -0.1) is 0 Å². The third-order valence-electron chi connectivity index (χ3n) is 2.19. The Morgan fingerprint density at radius 2 is 1.94 bits per heavy atom. The van der Waals surface area contributed by atoms with Crippen molar-refractivity contribution in [3.63, 3.8) is 0 Å². The molecule has 0 aromatic heterocycles. The van der Waals surface area contributed by atoms with Crippen molar-refractivity contribution in [2.45, 2.75) is 45.7 Å². The standard InChI is InChI=1S/C10H19F2O4P/c1-4-5-6-7-16-17(14,15)10(11,12)9(13)8(2)3/h8H,4-7H2,1-3H3,(H,14,15). The summed E-state index contributed by atoms with van der Waals surface area (Å²) in [4.78, 5) is 20.3. The van der Waals surface area contributed by atoms with E-state index in [1.807, 2.05) is 6.92 Å². The lowest BCUT2D eigenvalue weighted by Gasteiger charge is -2.22. The first-order valence-corrected chi connectivity index (χ1v) is 7.14. The van der Waals surface area contributed by atoms with E-state index in [-0.39, 0.29) is 6.61 Å². The largest absolute Gasteiger partial charge is 0.405 e. The molecule has 0 spiro atoms. The maximum Gasteiger partial charge on any atom is 0.405 e. The van der Waals surface area contributed by atoms with E-state index in [2.05, 4.69) is 4.52 Å². The number of Topliss-reactive ketones (excluding diaryl/α,β-unsaturated/α-hetero) is 1. The number of hydrogen-bond acceptors (Lipinski definition) is 3. The molecule has 0 aromatic carbocycles. The third kappa shape index (κ3) is 4.45. The normalized spacial score (nSPS) is 15.9. The smallest absolute Gasteiger partial charge is 0.320 e. The predicted octanol–water partition coefficient (Wildman–Crippen LogP) is 3.20. The van der Waals surface area contributed by atoms with Crippen LogP contribution < -0.4 is 0 Å². The number of alkyl halides is 2. The van der Waals surface area contributed by atoms with Gasteiger partial charge in [-0.1, -0.05) is 33.6 Å². The van der Waals surface area contributed by atoms with Crippen LogP contribution in [-0.2, 0) is 13.9 Å². The maximum absolute atomic E-state index is 13.4. The highest BCUT2D eigenvalue weighted by atomic mass is 31.2. The van der Waals surface area contributed by atoms with E-state index >= 15 is 0 Å². The molecule has 7 heteroatoms. The highest BCUT2D eigenvalue weighted by Gasteiger charge is 2.57. The molecule has 0 heterocycles. The fourth-order valence-electron chi connectivity index (χ4n) is 1.11. The van der Waals surface area contributed by atoms with Gasteiger partial charge in [0.25, 0.3) is 0 Å². The van der Waals surface area contributed by atoms with Crippen LogP contribution >= 0.6 is 7.60 Å². The van der Waals surface area contributed by atoms with Gasteiger partial charge in [0.2, 0.25) is 5.78 Å². The molecule has 0 fully saturated rings. The van der Waals surface area contributed by atoms with Crippen LogP contribution in [0.1, 0.15) is 40.0 Å². The zero-order valence-corrected chi connectivity index (χ0v) is 11.2. The van der Waals surface area contributed by atoms with Gasteiger partial charge >= 0.3 is 13.3 Å². The average Bonchev–Trinajstić information content (AvgIpc) is 2.22. The van der Waals surface area contributed by atoms with Gasteiger partial charge in [0.15, 0.2) is 0 Å². The third-order valence-corrected chi connectivity index (χ3v) is 3.65. The number of unbranched alkanes of at least 4 members (excludes halogenated alkanes) is 2. The van der Waals surface area contributed by atoms with Gasteiger partial charge in [-0.25, -0.2) is 0 Å². The molecule has 0 amide bonds. The molecule has 0 aliphatic heterocycles. The van der Waals surface area contributed by atoms with Crippen molar-refractivity contribution in [1.82, 2.24) is 0 Å². The second kappa shape index (κ2) is 6.57. The summed E-state index contributed by atoms with van der Waals surface area (Å²) in [6.07, 6.45) is 1.96. The molecule has 0 aromatic rings. The van der Waals surface area contributed by atoms with Gasteiger partial charge in [-0.2, -0.15) is 8.78 Å². The predicted molar refractivity (Wildman–Crippen MR) is 60.1 cm³/mol. The minimum absolute atomic E-state index is 0.247. The Morgan fingerprint density at radius 1 is 1.41 bits per heavy atom. The van der Waals surface area contributed by atoms with Gasteiger partial charge in [-0.05, 0) is 6.42 Å². The minimum atomic E-state index is -5.23. The number of halogens is 2. The van der Waals surface area contributed by atoms with Gasteiger partial charge in [0.1, 0.15) is 0 Å². The van der Waals surface area contributed by atoms with E-state index in [9.17, 15) is 18.1 Å². The fraction of sp³-hybridized carbons (Fsp3) is 0.900. The first-order valence-electron chi connectivity index (χ1n) is 5.56. The molecule has 1 atom stereocenters. The van der Waals surface area contributed by atoms with Crippen molar-refractivity contribution in [2.24, 2.45) is 5.92 Å². The lowest BCUT2D eigenvalue weighted by atomic mass is 10.1. The monoisotopic (exact) mass is 272 g/mol. The molecule has 1 N–H and O–H groups in total. The second-order valence-electron chi connectivity index (χ2n) is 4.12. The molecule has 0 bridgehead atoms. The zero-order valence-electron chi connectivity index (χ0n) is 10.3. The molecule has 1 unspecified atom stereocenters. The van der Waals surface area contributed by atoms with Gasteiger partial charge in [0.05, 0.1) is 6.61 Å². The topological polar surface area (TPSA) is 63.6 Å². The Kier molecular flexibility index (Phi) is 6.45. The number of ketones is 1. The van der Waals surface area contributed by atoms with Crippen LogP contribution in [0.5, 0.6) is 0 Å². The Labute approximate surface area is 99.9 Å². The fourth-order valence-corrected chi connectivity index (χ4v) is 2.18. The summed E-state index contributed by atoms with van der Waals surface area (Å²) in [6.45, 7) is 4.14. The zero-order chi connectivity index (χ0) is 13.7. The van der Waals surface area contributed by atoms with Crippen molar-refractivity contribution in [3.8, 4) is 0 Å². The summed E-state index contributed by atoms with van der Waals surface area (Å²) >= 11 is 0. The Morgan fingerprint density at radius 3 is 2.35 bits per heavy atom. The van der Waals surface area contributed by atoms with Crippen LogP contribution in [0.15, 0.2) is 0 Å². The summed E-state index contributed by atoms with van der Waals surface area (Å²) < 4.78 is 42.3. The van der Waals surface area contributed by atoms with E-state index in [0.29, 0.717) is 12.8 Å². The maximum atomic E-state index is 13.4. The van der Waals surface area contributed by atoms with Crippen molar-refractivity contribution in [1.29, 1.82) is 0 Å². The summed E-state index contributed by atoms with van der Waals surface area (Å²) in [5.74, 6) is -2.59. The van der Waals surface area contributed by atoms with Crippen molar-refractivity contribution in [2.75, 3.05) is 6.61 Å². The van der Waals surface area contributed by atoms with Crippen LogP contribution in [0, 0.1) is 5.92 Å². The van der Waals surface area contributed by atoms with E-state index in [0.717, 1.165) is 6.42 Å². The number of carbonyl (C=O) groups is 1. The Balaban J connectivity index is 4.57. The summed E-state index contributed by atoms with van der Waals surface area (Å²) in [7, 11) is -5.23. The van der Waals surface area contributed by atoms with Crippen LogP contribution in [0.2, 0.25) is 0 Å². The number of hydrogen-bond donors (Lipinski definition) is 1. The average molecular weight is 272 g/mol. The summed E-state index contributed by atoms with van der Waals surface area (Å²) in [5, 5.41) is 0. The first kappa shape index (κ1) is 16.7. The van der Waals surface area contributed by atoms with E-state index in [1.165, 1.54) is 13.8 Å². The van der Waals surface area contributed by atoms with E-state index < -0.39 is 25.0 Å². The molecule has 4 nitrogen and oxygen atoms in total. The van der Waals surface area contributed by atoms with Crippen LogP contribution in [0.25, 0.3) is 0 Å². The van der Waals surface area contributed by atoms with Crippen molar-refractivity contribution >= 4 is 13.4 Å². The quantitative estimate of drug-likeness (QED) is 0.544. The highest BCUT2D eigenvalue weighted by Crippen LogP contribution is 2.58. The van der Waals surface area contributed by atoms with Gasteiger partial charge in [0, 0.05) is 5.92 Å². The van der Waals surface area contributed by atoms with Crippen molar-refractivity contribution in [3.05, 3.63) is 0 Å². The number of rotatable bonds is 8. The lowest BCUT2D eigenvalue weighted by Crippen LogP contribution is -2.33. The van der Waals surface area contributed by atoms with Gasteiger partial charge < -0.3 is 9.42 Å². The molecule has 102 valence electrons. The molecule has 0 saturated heterocycles. The lowest BCUT2D eigenvalue weighted by molar-refractivity contribution is -0.138. The molecular formula is C10H19F2O4P. The second-order valence-corrected chi connectivity index (χ2v) is 5.98. The molecular weight excluding hydrogens is 253 g/mol. The summed E-state index contributed by atoms with van der Waals surface area (Å²) in [5.41, 5.74) is -4.33. The minimum Gasteiger partial charge on any atom is -0.320 e. The van der Waals surface area contributed by atoms with Crippen LogP contribution in [-0.4, -0.2) is 22.9 Å². The Hall–Kier alpha value is -0.320. The Bertz CT molecular complexity index is 305. The molecule has 0 saturated carbocycles. The van der Waals surface area contributed by atoms with E-state index in [1.54, 1.807) is 0 Å².